The van der Waals surface area contributed by atoms with E-state index in [1.54, 1.807) is 6.20 Å². The van der Waals surface area contributed by atoms with Gasteiger partial charge in [0.2, 0.25) is 5.91 Å². The lowest BCUT2D eigenvalue weighted by atomic mass is 10.1. The van der Waals surface area contributed by atoms with Crippen LogP contribution in [0.15, 0.2) is 12.3 Å². The minimum atomic E-state index is -0.0840. The summed E-state index contributed by atoms with van der Waals surface area (Å²) in [5.74, 6) is 0.524. The zero-order valence-corrected chi connectivity index (χ0v) is 19.6. The normalized spacial score (nSPS) is 18.9. The van der Waals surface area contributed by atoms with Gasteiger partial charge in [0, 0.05) is 50.9 Å². The number of rotatable bonds is 7. The van der Waals surface area contributed by atoms with E-state index in [0.717, 1.165) is 68.7 Å². The summed E-state index contributed by atoms with van der Waals surface area (Å²) in [5, 5.41) is 8.36. The molecule has 0 aromatic carbocycles. The van der Waals surface area contributed by atoms with Crippen LogP contribution < -0.4 is 5.32 Å². The number of aromatic nitrogens is 3. The van der Waals surface area contributed by atoms with Gasteiger partial charge in [-0.25, -0.2) is 9.67 Å². The summed E-state index contributed by atoms with van der Waals surface area (Å²) >= 11 is 0. The lowest BCUT2D eigenvalue weighted by molar-refractivity contribution is -0.137. The van der Waals surface area contributed by atoms with E-state index in [2.05, 4.69) is 34.1 Å². The van der Waals surface area contributed by atoms with E-state index in [1.165, 1.54) is 12.8 Å². The summed E-state index contributed by atoms with van der Waals surface area (Å²) in [5.41, 5.74) is 2.22. The first kappa shape index (κ1) is 22.7. The topological polar surface area (TPSA) is 83.4 Å². The molecule has 1 saturated heterocycles. The van der Waals surface area contributed by atoms with Crippen molar-refractivity contribution in [1.29, 1.82) is 0 Å². The zero-order chi connectivity index (χ0) is 22.7. The van der Waals surface area contributed by atoms with Crippen LogP contribution in [0.5, 0.6) is 0 Å². The van der Waals surface area contributed by atoms with Crippen LogP contribution in [-0.4, -0.2) is 75.6 Å². The molecule has 174 valence electrons. The molecule has 1 atom stereocenters. The van der Waals surface area contributed by atoms with Crippen molar-refractivity contribution in [3.05, 3.63) is 23.5 Å². The Labute approximate surface area is 190 Å². The molecule has 1 aliphatic carbocycles. The second-order valence-electron chi connectivity index (χ2n) is 9.30. The average molecular weight is 441 g/mol. The van der Waals surface area contributed by atoms with Crippen LogP contribution in [0.4, 0.5) is 0 Å². The zero-order valence-electron chi connectivity index (χ0n) is 19.6. The fraction of sp³-hybridized carbons (Fsp3) is 0.667. The SMILES string of the molecule is CCC(C)n1ncc2c(C(=O)NCCN3CCN(C(=O)C4CCCC4)CC3)cc(C)nc21. The molecular weight excluding hydrogens is 404 g/mol. The van der Waals surface area contributed by atoms with E-state index < -0.39 is 0 Å². The molecule has 1 N–H and O–H groups in total. The van der Waals surface area contributed by atoms with Crippen molar-refractivity contribution in [2.45, 2.75) is 58.9 Å². The van der Waals surface area contributed by atoms with Gasteiger partial charge >= 0.3 is 0 Å². The molecule has 8 nitrogen and oxygen atoms in total. The molecule has 0 radical (unpaired) electrons. The van der Waals surface area contributed by atoms with E-state index in [0.29, 0.717) is 18.0 Å². The summed E-state index contributed by atoms with van der Waals surface area (Å²) in [6.45, 7) is 10.8. The van der Waals surface area contributed by atoms with Crippen LogP contribution in [0.1, 0.15) is 68.0 Å². The molecule has 4 rings (SSSR count). The number of hydrogen-bond acceptors (Lipinski definition) is 5. The summed E-state index contributed by atoms with van der Waals surface area (Å²) in [4.78, 5) is 34.5. The van der Waals surface area contributed by atoms with Crippen molar-refractivity contribution in [2.24, 2.45) is 5.92 Å². The van der Waals surface area contributed by atoms with Crippen LogP contribution in [0, 0.1) is 12.8 Å². The number of amides is 2. The molecule has 2 aromatic rings. The quantitative estimate of drug-likeness (QED) is 0.716. The minimum Gasteiger partial charge on any atom is -0.351 e. The van der Waals surface area contributed by atoms with Crippen molar-refractivity contribution >= 4 is 22.8 Å². The standard InChI is InChI=1S/C24H36N6O2/c1-4-18(3)30-22-21(16-26-30)20(15-17(2)27-22)23(31)25-9-10-28-11-13-29(14-12-28)24(32)19-7-5-6-8-19/h15-16,18-19H,4-14H2,1-3H3,(H,25,31). The molecule has 1 unspecified atom stereocenters. The van der Waals surface area contributed by atoms with Gasteiger partial charge in [-0.3, -0.25) is 14.5 Å². The smallest absolute Gasteiger partial charge is 0.252 e. The number of fused-ring (bicyclic) bond motifs is 1. The lowest BCUT2D eigenvalue weighted by Crippen LogP contribution is -2.51. The predicted molar refractivity (Wildman–Crippen MR) is 125 cm³/mol. The highest BCUT2D eigenvalue weighted by molar-refractivity contribution is 6.05. The number of nitrogens with zero attached hydrogens (tertiary/aromatic N) is 5. The van der Waals surface area contributed by atoms with Gasteiger partial charge in [0.1, 0.15) is 0 Å². The lowest BCUT2D eigenvalue weighted by Gasteiger charge is -2.36. The Bertz CT molecular complexity index is 957. The molecule has 0 bridgehead atoms. The first-order valence-electron chi connectivity index (χ1n) is 12.1. The Kier molecular flexibility index (Phi) is 7.08. The third-order valence-corrected chi connectivity index (χ3v) is 7.05. The molecule has 3 heterocycles. The van der Waals surface area contributed by atoms with E-state index in [9.17, 15) is 9.59 Å². The second kappa shape index (κ2) is 9.98. The van der Waals surface area contributed by atoms with Crippen LogP contribution in [0.2, 0.25) is 0 Å². The van der Waals surface area contributed by atoms with Gasteiger partial charge in [-0.2, -0.15) is 5.10 Å². The van der Waals surface area contributed by atoms with Crippen LogP contribution in [0.3, 0.4) is 0 Å². The first-order valence-corrected chi connectivity index (χ1v) is 12.1. The van der Waals surface area contributed by atoms with E-state index >= 15 is 0 Å². The number of piperazine rings is 1. The fourth-order valence-corrected chi connectivity index (χ4v) is 4.87. The molecule has 2 aromatic heterocycles. The maximum absolute atomic E-state index is 12.9. The van der Waals surface area contributed by atoms with Gasteiger partial charge in [0.05, 0.1) is 23.2 Å². The Balaban J connectivity index is 1.30. The molecule has 2 aliphatic rings. The summed E-state index contributed by atoms with van der Waals surface area (Å²) in [7, 11) is 0. The number of carbonyl (C=O) groups excluding carboxylic acids is 2. The van der Waals surface area contributed by atoms with Crippen LogP contribution >= 0.6 is 0 Å². The van der Waals surface area contributed by atoms with Crippen LogP contribution in [-0.2, 0) is 4.79 Å². The van der Waals surface area contributed by atoms with Crippen molar-refractivity contribution in [1.82, 2.24) is 29.9 Å². The van der Waals surface area contributed by atoms with E-state index in [-0.39, 0.29) is 17.9 Å². The number of carbonyl (C=O) groups is 2. The third kappa shape index (κ3) is 4.80. The van der Waals surface area contributed by atoms with Gasteiger partial charge in [-0.05, 0) is 39.2 Å². The summed E-state index contributed by atoms with van der Waals surface area (Å²) < 4.78 is 1.91. The van der Waals surface area contributed by atoms with Crippen molar-refractivity contribution in [2.75, 3.05) is 39.3 Å². The highest BCUT2D eigenvalue weighted by Gasteiger charge is 2.29. The fourth-order valence-electron chi connectivity index (χ4n) is 4.87. The van der Waals surface area contributed by atoms with Crippen molar-refractivity contribution < 1.29 is 9.59 Å². The number of nitrogens with one attached hydrogen (secondary N) is 1. The van der Waals surface area contributed by atoms with Crippen molar-refractivity contribution in [3.63, 3.8) is 0 Å². The van der Waals surface area contributed by atoms with Crippen LogP contribution in [0.25, 0.3) is 11.0 Å². The maximum Gasteiger partial charge on any atom is 0.252 e. The Morgan fingerprint density at radius 1 is 1.19 bits per heavy atom. The number of hydrogen-bond donors (Lipinski definition) is 1. The number of pyridine rings is 1. The molecule has 32 heavy (non-hydrogen) atoms. The largest absolute Gasteiger partial charge is 0.351 e. The molecule has 2 amide bonds. The van der Waals surface area contributed by atoms with E-state index in [1.807, 2.05) is 22.6 Å². The van der Waals surface area contributed by atoms with Gasteiger partial charge in [0.25, 0.3) is 5.91 Å². The molecular formula is C24H36N6O2. The Morgan fingerprint density at radius 3 is 2.59 bits per heavy atom. The predicted octanol–water partition coefficient (Wildman–Crippen LogP) is 2.77. The first-order chi connectivity index (χ1) is 15.5. The highest BCUT2D eigenvalue weighted by atomic mass is 16.2. The molecule has 1 saturated carbocycles. The van der Waals surface area contributed by atoms with Gasteiger partial charge < -0.3 is 10.2 Å². The number of aryl methyl sites for hydroxylation is 1. The summed E-state index contributed by atoms with van der Waals surface area (Å²) in [6.07, 6.45) is 7.21. The average Bonchev–Trinajstić information content (AvgIpc) is 3.48. The van der Waals surface area contributed by atoms with Crippen molar-refractivity contribution in [3.8, 4) is 0 Å². The molecule has 1 aliphatic heterocycles. The third-order valence-electron chi connectivity index (χ3n) is 7.05. The molecule has 8 heteroatoms. The van der Waals surface area contributed by atoms with E-state index in [4.69, 9.17) is 0 Å². The second-order valence-corrected chi connectivity index (χ2v) is 9.30. The van der Waals surface area contributed by atoms with Gasteiger partial charge in [0.15, 0.2) is 5.65 Å². The Hall–Kier alpha value is -2.48. The minimum absolute atomic E-state index is 0.0840. The van der Waals surface area contributed by atoms with Gasteiger partial charge in [-0.1, -0.05) is 19.8 Å². The summed E-state index contributed by atoms with van der Waals surface area (Å²) in [6, 6.07) is 2.07. The van der Waals surface area contributed by atoms with Gasteiger partial charge in [-0.15, -0.1) is 0 Å². The maximum atomic E-state index is 12.9. The Morgan fingerprint density at radius 2 is 1.91 bits per heavy atom. The monoisotopic (exact) mass is 440 g/mol. The molecule has 0 spiro atoms. The highest BCUT2D eigenvalue weighted by Crippen LogP contribution is 2.27. The molecule has 2 fully saturated rings.